The lowest BCUT2D eigenvalue weighted by molar-refractivity contribution is -0.129. The van der Waals surface area contributed by atoms with Crippen molar-refractivity contribution in [3.8, 4) is 0 Å². The van der Waals surface area contributed by atoms with Gasteiger partial charge in [-0.1, -0.05) is 58.9 Å². The highest BCUT2D eigenvalue weighted by Gasteiger charge is 2.39. The van der Waals surface area contributed by atoms with E-state index < -0.39 is 5.41 Å². The van der Waals surface area contributed by atoms with Gasteiger partial charge < -0.3 is 16.0 Å². The number of carbonyl (C=O) groups excluding carboxylic acids is 1. The molecule has 0 aliphatic carbocycles. The summed E-state index contributed by atoms with van der Waals surface area (Å²) in [5.74, 6) is 1.20. The van der Waals surface area contributed by atoms with Crippen LogP contribution in [0.5, 0.6) is 0 Å². The van der Waals surface area contributed by atoms with Crippen molar-refractivity contribution in [2.45, 2.75) is 41.5 Å². The van der Waals surface area contributed by atoms with Gasteiger partial charge in [0.1, 0.15) is 5.82 Å². The van der Waals surface area contributed by atoms with Gasteiger partial charge in [0.2, 0.25) is 11.9 Å². The Morgan fingerprint density at radius 3 is 2.16 bits per heavy atom. The first kappa shape index (κ1) is 22.3. The van der Waals surface area contributed by atoms with E-state index >= 15 is 0 Å². The lowest BCUT2D eigenvalue weighted by Gasteiger charge is -2.37. The van der Waals surface area contributed by atoms with Crippen LogP contribution in [0.4, 0.5) is 28.8 Å². The summed E-state index contributed by atoms with van der Waals surface area (Å²) in [7, 11) is 0. The fourth-order valence-corrected chi connectivity index (χ4v) is 2.72. The fourth-order valence-electron chi connectivity index (χ4n) is 2.72. The molecule has 0 aliphatic heterocycles. The topological polar surface area (TPSA) is 78.9 Å². The van der Waals surface area contributed by atoms with Gasteiger partial charge in [0.25, 0.3) is 0 Å². The zero-order valence-corrected chi connectivity index (χ0v) is 19.1. The first-order valence-electron chi connectivity index (χ1n) is 10.4. The second-order valence-corrected chi connectivity index (χ2v) is 9.25. The van der Waals surface area contributed by atoms with Crippen molar-refractivity contribution in [2.75, 3.05) is 16.0 Å². The number of aryl methyl sites for hydroxylation is 1. The van der Waals surface area contributed by atoms with Crippen molar-refractivity contribution >= 4 is 34.7 Å². The molecule has 3 aromatic rings. The van der Waals surface area contributed by atoms with Crippen LogP contribution in [0.2, 0.25) is 0 Å². The molecule has 0 saturated carbocycles. The molecule has 3 N–H and O–H groups in total. The molecule has 0 bridgehead atoms. The van der Waals surface area contributed by atoms with Gasteiger partial charge in [0.05, 0.1) is 0 Å². The lowest BCUT2D eigenvalue weighted by Crippen LogP contribution is -2.41. The van der Waals surface area contributed by atoms with E-state index in [-0.39, 0.29) is 11.3 Å². The van der Waals surface area contributed by atoms with Crippen molar-refractivity contribution in [3.05, 3.63) is 66.4 Å². The number of nitrogens with one attached hydrogen (secondary N) is 3. The number of rotatable bonds is 6. The third-order valence-corrected chi connectivity index (χ3v) is 5.83. The number of para-hydroxylation sites is 1. The van der Waals surface area contributed by atoms with Gasteiger partial charge in [0, 0.05) is 34.2 Å². The van der Waals surface area contributed by atoms with Gasteiger partial charge in [-0.3, -0.25) is 4.79 Å². The molecular weight excluding hydrogens is 386 g/mol. The Kier molecular flexibility index (Phi) is 6.29. The highest BCUT2D eigenvalue weighted by atomic mass is 16.2. The van der Waals surface area contributed by atoms with Gasteiger partial charge in [-0.2, -0.15) is 4.98 Å². The van der Waals surface area contributed by atoms with Crippen LogP contribution in [0, 0.1) is 17.8 Å². The Bertz CT molecular complexity index is 1060. The van der Waals surface area contributed by atoms with E-state index in [4.69, 9.17) is 0 Å². The monoisotopic (exact) mass is 417 g/mol. The van der Waals surface area contributed by atoms with Crippen molar-refractivity contribution in [1.29, 1.82) is 0 Å². The van der Waals surface area contributed by atoms with E-state index in [9.17, 15) is 4.79 Å². The Balaban J connectivity index is 1.76. The highest BCUT2D eigenvalue weighted by molar-refractivity contribution is 5.95. The van der Waals surface area contributed by atoms with Crippen LogP contribution < -0.4 is 16.0 Å². The van der Waals surface area contributed by atoms with Crippen LogP contribution >= 0.6 is 0 Å². The van der Waals surface area contributed by atoms with Crippen LogP contribution in [0.15, 0.2) is 60.8 Å². The minimum atomic E-state index is -0.516. The van der Waals surface area contributed by atoms with Gasteiger partial charge in [-0.25, -0.2) is 4.98 Å². The van der Waals surface area contributed by atoms with Crippen LogP contribution in [-0.2, 0) is 4.79 Å². The number of amides is 1. The molecule has 1 aromatic heterocycles. The summed E-state index contributed by atoms with van der Waals surface area (Å²) in [6.07, 6.45) is 1.78. The standard InChI is InChI=1S/C25H31N5O/c1-17-16-26-23(29-18-11-8-7-9-12-18)30-21(17)27-19-13-10-14-20(15-19)28-22(31)25(5,6)24(2,3)4/h7-16H,1-6H3,(H,28,31)(H2,26,27,29,30). The summed E-state index contributed by atoms with van der Waals surface area (Å²) < 4.78 is 0. The third-order valence-electron chi connectivity index (χ3n) is 5.83. The molecule has 2 aromatic carbocycles. The van der Waals surface area contributed by atoms with Crippen molar-refractivity contribution in [1.82, 2.24) is 9.97 Å². The number of carbonyl (C=O) groups is 1. The largest absolute Gasteiger partial charge is 0.340 e. The average molecular weight is 418 g/mol. The molecule has 0 unspecified atom stereocenters. The quantitative estimate of drug-likeness (QED) is 0.440. The van der Waals surface area contributed by atoms with Crippen LogP contribution in [0.3, 0.4) is 0 Å². The number of aromatic nitrogens is 2. The molecule has 0 saturated heterocycles. The minimum Gasteiger partial charge on any atom is -0.340 e. The van der Waals surface area contributed by atoms with Crippen LogP contribution in [0.1, 0.15) is 40.2 Å². The average Bonchev–Trinajstić information content (AvgIpc) is 2.71. The Morgan fingerprint density at radius 1 is 0.839 bits per heavy atom. The van der Waals surface area contributed by atoms with Gasteiger partial charge in [-0.05, 0) is 42.7 Å². The summed E-state index contributed by atoms with van der Waals surface area (Å²) in [6.45, 7) is 12.1. The Hall–Kier alpha value is -3.41. The summed E-state index contributed by atoms with van der Waals surface area (Å²) in [4.78, 5) is 21.8. The summed E-state index contributed by atoms with van der Waals surface area (Å²) in [5.41, 5.74) is 2.73. The Labute approximate surface area is 184 Å². The van der Waals surface area contributed by atoms with Gasteiger partial charge >= 0.3 is 0 Å². The maximum Gasteiger partial charge on any atom is 0.230 e. The van der Waals surface area contributed by atoms with Gasteiger partial charge in [0.15, 0.2) is 0 Å². The van der Waals surface area contributed by atoms with Crippen molar-refractivity contribution in [2.24, 2.45) is 10.8 Å². The number of nitrogens with zero attached hydrogens (tertiary/aromatic N) is 2. The molecule has 1 amide bonds. The smallest absolute Gasteiger partial charge is 0.230 e. The molecule has 162 valence electrons. The summed E-state index contributed by atoms with van der Waals surface area (Å²) >= 11 is 0. The van der Waals surface area contributed by atoms with Crippen molar-refractivity contribution in [3.63, 3.8) is 0 Å². The number of benzene rings is 2. The lowest BCUT2D eigenvalue weighted by atomic mass is 9.68. The second-order valence-electron chi connectivity index (χ2n) is 9.25. The molecular formula is C25H31N5O. The zero-order valence-electron chi connectivity index (χ0n) is 19.1. The SMILES string of the molecule is Cc1cnc(Nc2ccccc2)nc1Nc1cccc(NC(=O)C(C)(C)C(C)(C)C)c1. The molecule has 1 heterocycles. The first-order chi connectivity index (χ1) is 14.6. The van der Waals surface area contributed by atoms with E-state index in [2.05, 4.69) is 46.7 Å². The molecule has 0 spiro atoms. The summed E-state index contributed by atoms with van der Waals surface area (Å²) in [5, 5.41) is 9.59. The molecule has 0 atom stereocenters. The van der Waals surface area contributed by atoms with E-state index in [1.54, 1.807) is 6.20 Å². The van der Waals surface area contributed by atoms with Crippen LogP contribution in [-0.4, -0.2) is 15.9 Å². The normalized spacial score (nSPS) is 11.7. The zero-order chi connectivity index (χ0) is 22.6. The molecule has 6 nitrogen and oxygen atoms in total. The predicted molar refractivity (Wildman–Crippen MR) is 128 cm³/mol. The third kappa shape index (κ3) is 5.40. The Morgan fingerprint density at radius 2 is 1.48 bits per heavy atom. The molecule has 0 fully saturated rings. The minimum absolute atomic E-state index is 0.00952. The molecule has 0 aliphatic rings. The molecule has 3 rings (SSSR count). The number of anilines is 5. The summed E-state index contributed by atoms with van der Waals surface area (Å²) in [6, 6.07) is 17.4. The maximum atomic E-state index is 12.9. The van der Waals surface area contributed by atoms with E-state index in [0.717, 1.165) is 22.6 Å². The fraction of sp³-hybridized carbons (Fsp3) is 0.320. The number of hydrogen-bond donors (Lipinski definition) is 3. The highest BCUT2D eigenvalue weighted by Crippen LogP contribution is 2.38. The van der Waals surface area contributed by atoms with E-state index in [1.165, 1.54) is 0 Å². The van der Waals surface area contributed by atoms with Crippen molar-refractivity contribution < 1.29 is 4.79 Å². The maximum absolute atomic E-state index is 12.9. The molecule has 31 heavy (non-hydrogen) atoms. The number of hydrogen-bond acceptors (Lipinski definition) is 5. The molecule has 6 heteroatoms. The van der Waals surface area contributed by atoms with Gasteiger partial charge in [-0.15, -0.1) is 0 Å². The van der Waals surface area contributed by atoms with E-state index in [0.29, 0.717) is 11.8 Å². The second kappa shape index (κ2) is 8.76. The predicted octanol–water partition coefficient (Wildman–Crippen LogP) is 6.28. The van der Waals surface area contributed by atoms with E-state index in [1.807, 2.05) is 75.4 Å². The molecule has 0 radical (unpaired) electrons. The van der Waals surface area contributed by atoms with Crippen LogP contribution in [0.25, 0.3) is 0 Å². The first-order valence-corrected chi connectivity index (χ1v) is 10.4.